The zero-order valence-corrected chi connectivity index (χ0v) is 11.9. The largest absolute Gasteiger partial charge is 0.711 e. The summed E-state index contributed by atoms with van der Waals surface area (Å²) in [5, 5.41) is 23.0. The molecule has 20 heavy (non-hydrogen) atoms. The Morgan fingerprint density at radius 3 is 1.60 bits per heavy atom. The molecule has 1 fully saturated rings. The first-order chi connectivity index (χ1) is 9.56. The number of rotatable bonds is 2. The van der Waals surface area contributed by atoms with E-state index in [0.29, 0.717) is 0 Å². The topological polar surface area (TPSA) is 63.7 Å². The molecule has 0 unspecified atom stereocenters. The smallest absolute Gasteiger partial charge is 0.247 e. The highest BCUT2D eigenvalue weighted by Gasteiger charge is 2.36. The minimum absolute atomic E-state index is 0.241. The Morgan fingerprint density at radius 2 is 1.30 bits per heavy atom. The van der Waals surface area contributed by atoms with Gasteiger partial charge in [0, 0.05) is 13.8 Å². The van der Waals surface area contributed by atoms with Gasteiger partial charge in [0.15, 0.2) is 0 Å². The highest BCUT2D eigenvalue weighted by Crippen LogP contribution is 2.38. The summed E-state index contributed by atoms with van der Waals surface area (Å²) >= 11 is 0. The molecule has 0 bridgehead atoms. The van der Waals surface area contributed by atoms with Crippen molar-refractivity contribution in [2.24, 2.45) is 0 Å². The van der Waals surface area contributed by atoms with E-state index in [1.165, 1.54) is 0 Å². The molecule has 0 aromatic carbocycles. The van der Waals surface area contributed by atoms with Crippen LogP contribution >= 0.6 is 0 Å². The van der Waals surface area contributed by atoms with Gasteiger partial charge in [-0.25, -0.2) is 18.6 Å². The second kappa shape index (κ2) is 4.85. The van der Waals surface area contributed by atoms with Crippen molar-refractivity contribution in [1.29, 1.82) is 0 Å². The summed E-state index contributed by atoms with van der Waals surface area (Å²) in [7, 11) is 0. The van der Waals surface area contributed by atoms with Gasteiger partial charge in [-0.1, -0.05) is 0 Å². The summed E-state index contributed by atoms with van der Waals surface area (Å²) in [6.45, 7) is 3.91. The van der Waals surface area contributed by atoms with Crippen LogP contribution in [-0.4, -0.2) is 9.13 Å². The minimum atomic E-state index is 0.241. The van der Waals surface area contributed by atoms with Crippen LogP contribution in [0, 0.1) is 24.3 Å². The van der Waals surface area contributed by atoms with Crippen LogP contribution in [0.25, 0.3) is 0 Å². The van der Waals surface area contributed by atoms with Gasteiger partial charge in [-0.05, 0) is 25.7 Å². The fourth-order valence-electron chi connectivity index (χ4n) is 3.43. The molecule has 0 N–H and O–H groups in total. The van der Waals surface area contributed by atoms with Crippen LogP contribution in [0.5, 0.6) is 0 Å². The van der Waals surface area contributed by atoms with Crippen LogP contribution in [0.2, 0.25) is 0 Å². The maximum Gasteiger partial charge on any atom is 0.247 e. The number of hydrogen-bond donors (Lipinski definition) is 0. The van der Waals surface area contributed by atoms with Crippen molar-refractivity contribution >= 4 is 0 Å². The molecule has 1 aliphatic carbocycles. The first kappa shape index (κ1) is 13.0. The molecule has 6 nitrogen and oxygen atoms in total. The molecule has 1 saturated carbocycles. The van der Waals surface area contributed by atoms with Gasteiger partial charge in [0.05, 0.1) is 0 Å². The predicted octanol–water partition coefficient (Wildman–Crippen LogP) is 1.53. The van der Waals surface area contributed by atoms with Crippen molar-refractivity contribution in [3.63, 3.8) is 0 Å². The molecule has 2 aromatic heterocycles. The fraction of sp³-hybridized carbons (Fsp3) is 0.571. The van der Waals surface area contributed by atoms with Crippen molar-refractivity contribution in [1.82, 2.24) is 9.13 Å². The molecular formula is C14H20N4O2. The van der Waals surface area contributed by atoms with Crippen molar-refractivity contribution in [3.05, 3.63) is 46.9 Å². The Bertz CT molecular complexity index is 562. The molecule has 0 saturated heterocycles. The molecular weight excluding hydrogens is 256 g/mol. The van der Waals surface area contributed by atoms with Gasteiger partial charge in [0.2, 0.25) is 12.7 Å². The maximum absolute atomic E-state index is 11.5. The summed E-state index contributed by atoms with van der Waals surface area (Å²) in [6, 6.07) is 0.482. The third-order valence-electron chi connectivity index (χ3n) is 4.33. The Labute approximate surface area is 118 Å². The van der Waals surface area contributed by atoms with Gasteiger partial charge in [-0.3, -0.25) is 0 Å². The lowest BCUT2D eigenvalue weighted by Crippen LogP contribution is -2.29. The van der Waals surface area contributed by atoms with Crippen molar-refractivity contribution in [2.75, 3.05) is 0 Å². The SMILES string of the molecule is Cc1c[n+]([O-])cn1[C@H]1CCCC[C@@H]1n1c[n+]([O-])cc1C. The van der Waals surface area contributed by atoms with Crippen LogP contribution in [-0.2, 0) is 0 Å². The van der Waals surface area contributed by atoms with Gasteiger partial charge in [0.1, 0.15) is 35.9 Å². The maximum atomic E-state index is 11.5. The van der Waals surface area contributed by atoms with Crippen LogP contribution in [0.15, 0.2) is 25.0 Å². The van der Waals surface area contributed by atoms with Gasteiger partial charge < -0.3 is 10.4 Å². The molecule has 0 spiro atoms. The van der Waals surface area contributed by atoms with Crippen LogP contribution in [0.1, 0.15) is 49.2 Å². The standard InChI is InChI=1S/C14H20N4O2/c1-11-7-15(19)9-17(11)13-5-3-4-6-14(13)18-10-16(20)8-12(18)2/h7-10,13-14H,3-6H2,1-2H3/t13-,14-/m0/s1. The first-order valence-corrected chi connectivity index (χ1v) is 7.11. The zero-order valence-electron chi connectivity index (χ0n) is 11.9. The number of aromatic nitrogens is 4. The quantitative estimate of drug-likeness (QED) is 0.617. The first-order valence-electron chi connectivity index (χ1n) is 7.11. The van der Waals surface area contributed by atoms with E-state index >= 15 is 0 Å². The highest BCUT2D eigenvalue weighted by atomic mass is 16.5. The lowest BCUT2D eigenvalue weighted by atomic mass is 9.89. The summed E-state index contributed by atoms with van der Waals surface area (Å²) in [6.07, 6.45) is 10.8. The van der Waals surface area contributed by atoms with Gasteiger partial charge in [0.25, 0.3) is 0 Å². The van der Waals surface area contributed by atoms with Crippen molar-refractivity contribution in [3.8, 4) is 0 Å². The van der Waals surface area contributed by atoms with Gasteiger partial charge in [-0.2, -0.15) is 0 Å². The number of imidazole rings is 2. The molecule has 0 aliphatic heterocycles. The van der Waals surface area contributed by atoms with E-state index in [9.17, 15) is 10.4 Å². The van der Waals surface area contributed by atoms with E-state index in [2.05, 4.69) is 9.13 Å². The van der Waals surface area contributed by atoms with E-state index in [1.54, 1.807) is 25.0 Å². The predicted molar refractivity (Wildman–Crippen MR) is 72.8 cm³/mol. The number of aryl methyl sites for hydroxylation is 2. The summed E-state index contributed by atoms with van der Waals surface area (Å²) in [5.41, 5.74) is 1.94. The van der Waals surface area contributed by atoms with E-state index in [0.717, 1.165) is 46.5 Å². The molecule has 0 radical (unpaired) electrons. The van der Waals surface area contributed by atoms with Crippen LogP contribution in [0.4, 0.5) is 0 Å². The average Bonchev–Trinajstić information content (AvgIpc) is 2.91. The summed E-state index contributed by atoms with van der Waals surface area (Å²) in [4.78, 5) is 0. The fourth-order valence-corrected chi connectivity index (χ4v) is 3.43. The van der Waals surface area contributed by atoms with Crippen molar-refractivity contribution < 1.29 is 9.46 Å². The summed E-state index contributed by atoms with van der Waals surface area (Å²) < 4.78 is 5.84. The molecule has 2 aromatic rings. The molecule has 2 heterocycles. The number of nitrogens with zero attached hydrogens (tertiary/aromatic N) is 4. The van der Waals surface area contributed by atoms with Crippen LogP contribution in [0.3, 0.4) is 0 Å². The monoisotopic (exact) mass is 276 g/mol. The third kappa shape index (κ3) is 2.15. The second-order valence-electron chi connectivity index (χ2n) is 5.73. The van der Waals surface area contributed by atoms with Crippen LogP contribution < -0.4 is 9.46 Å². The number of hydrogen-bond acceptors (Lipinski definition) is 2. The third-order valence-corrected chi connectivity index (χ3v) is 4.33. The van der Waals surface area contributed by atoms with Crippen molar-refractivity contribution in [2.45, 2.75) is 51.6 Å². The Morgan fingerprint density at radius 1 is 0.900 bits per heavy atom. The zero-order chi connectivity index (χ0) is 14.3. The van der Waals surface area contributed by atoms with E-state index < -0.39 is 0 Å². The average molecular weight is 276 g/mol. The lowest BCUT2D eigenvalue weighted by molar-refractivity contribution is -0.605. The molecule has 2 atom stereocenters. The molecule has 3 rings (SSSR count). The van der Waals surface area contributed by atoms with Gasteiger partial charge in [-0.15, -0.1) is 0 Å². The Kier molecular flexibility index (Phi) is 3.16. The van der Waals surface area contributed by atoms with E-state index in [1.807, 2.05) is 13.8 Å². The lowest BCUT2D eigenvalue weighted by Gasteiger charge is -2.27. The Hall–Kier alpha value is -1.98. The molecule has 0 amide bonds. The minimum Gasteiger partial charge on any atom is -0.711 e. The van der Waals surface area contributed by atoms with E-state index in [-0.39, 0.29) is 12.1 Å². The summed E-state index contributed by atoms with van der Waals surface area (Å²) in [5.74, 6) is 0. The molecule has 108 valence electrons. The Balaban J connectivity index is 1.99. The molecule has 6 heteroatoms. The van der Waals surface area contributed by atoms with E-state index in [4.69, 9.17) is 0 Å². The normalized spacial score (nSPS) is 23.1. The molecule has 1 aliphatic rings. The highest BCUT2D eigenvalue weighted by molar-refractivity contribution is 5.00. The van der Waals surface area contributed by atoms with Gasteiger partial charge >= 0.3 is 0 Å². The second-order valence-corrected chi connectivity index (χ2v) is 5.73.